The fourth-order valence-electron chi connectivity index (χ4n) is 2.81. The first-order chi connectivity index (χ1) is 9.24. The smallest absolute Gasteiger partial charge is 0.0991 e. The van der Waals surface area contributed by atoms with E-state index in [1.807, 2.05) is 12.1 Å². The van der Waals surface area contributed by atoms with E-state index in [4.69, 9.17) is 5.26 Å². The van der Waals surface area contributed by atoms with Crippen LogP contribution in [0.25, 0.3) is 0 Å². The van der Waals surface area contributed by atoms with Crippen molar-refractivity contribution in [1.29, 1.82) is 5.26 Å². The van der Waals surface area contributed by atoms with Gasteiger partial charge in [-0.1, -0.05) is 13.0 Å². The minimum atomic E-state index is 0.647. The van der Waals surface area contributed by atoms with E-state index in [-0.39, 0.29) is 0 Å². The lowest BCUT2D eigenvalue weighted by Gasteiger charge is -2.34. The number of nitrogens with one attached hydrogen (secondary N) is 1. The molecule has 0 aromatic heterocycles. The standard InChI is InChI=1S/C16H23N3/c1-3-19(16-5-4-8-18-11-16)12-15-7-6-14(10-17)9-13(15)2/h6-7,9,16,18H,3-5,8,11-12H2,1-2H3. The summed E-state index contributed by atoms with van der Waals surface area (Å²) in [6.07, 6.45) is 2.56. The van der Waals surface area contributed by atoms with Gasteiger partial charge in [0.05, 0.1) is 11.6 Å². The molecule has 1 aromatic carbocycles. The molecule has 1 atom stereocenters. The van der Waals surface area contributed by atoms with Gasteiger partial charge in [0.25, 0.3) is 0 Å². The molecule has 3 heteroatoms. The van der Waals surface area contributed by atoms with Gasteiger partial charge >= 0.3 is 0 Å². The molecule has 1 unspecified atom stereocenters. The highest BCUT2D eigenvalue weighted by atomic mass is 15.2. The van der Waals surface area contributed by atoms with Crippen LogP contribution in [0.3, 0.4) is 0 Å². The molecule has 1 saturated heterocycles. The molecule has 0 bridgehead atoms. The summed E-state index contributed by atoms with van der Waals surface area (Å²) < 4.78 is 0. The van der Waals surface area contributed by atoms with Crippen LogP contribution in [-0.4, -0.2) is 30.6 Å². The summed E-state index contributed by atoms with van der Waals surface area (Å²) in [6.45, 7) is 8.65. The normalized spacial score (nSPS) is 19.4. The maximum absolute atomic E-state index is 8.92. The van der Waals surface area contributed by atoms with Gasteiger partial charge in [0.15, 0.2) is 0 Å². The molecule has 0 amide bonds. The number of likely N-dealkylation sites (N-methyl/N-ethyl adjacent to an activating group) is 1. The molecule has 1 aliphatic heterocycles. The van der Waals surface area contributed by atoms with Crippen LogP contribution in [-0.2, 0) is 6.54 Å². The molecule has 102 valence electrons. The highest BCUT2D eigenvalue weighted by Gasteiger charge is 2.20. The summed E-state index contributed by atoms with van der Waals surface area (Å²) in [4.78, 5) is 2.54. The van der Waals surface area contributed by atoms with E-state index in [1.165, 1.54) is 24.0 Å². The van der Waals surface area contributed by atoms with Crippen LogP contribution in [0, 0.1) is 18.3 Å². The zero-order valence-electron chi connectivity index (χ0n) is 11.9. The molecule has 3 nitrogen and oxygen atoms in total. The molecule has 0 aliphatic carbocycles. The van der Waals surface area contributed by atoms with Crippen LogP contribution < -0.4 is 5.32 Å². The Kier molecular flexibility index (Phi) is 4.95. The van der Waals surface area contributed by atoms with Crippen LogP contribution in [0.15, 0.2) is 18.2 Å². The molecule has 2 rings (SSSR count). The molecular weight excluding hydrogens is 234 g/mol. The Morgan fingerprint density at radius 1 is 1.47 bits per heavy atom. The van der Waals surface area contributed by atoms with Crippen molar-refractivity contribution < 1.29 is 0 Å². The van der Waals surface area contributed by atoms with Gasteiger partial charge in [0, 0.05) is 19.1 Å². The molecule has 1 fully saturated rings. The van der Waals surface area contributed by atoms with Crippen molar-refractivity contribution in [2.24, 2.45) is 0 Å². The van der Waals surface area contributed by atoms with E-state index in [0.717, 1.165) is 31.7 Å². The van der Waals surface area contributed by atoms with E-state index in [2.05, 4.69) is 36.2 Å². The number of piperidine rings is 1. The molecule has 0 saturated carbocycles. The van der Waals surface area contributed by atoms with Crippen LogP contribution in [0.2, 0.25) is 0 Å². The Morgan fingerprint density at radius 2 is 2.32 bits per heavy atom. The van der Waals surface area contributed by atoms with Crippen molar-refractivity contribution in [3.8, 4) is 6.07 Å². The Bertz CT molecular complexity index is 456. The second-order valence-electron chi connectivity index (χ2n) is 5.32. The van der Waals surface area contributed by atoms with Gasteiger partial charge in [0.2, 0.25) is 0 Å². The Labute approximate surface area is 116 Å². The van der Waals surface area contributed by atoms with E-state index < -0.39 is 0 Å². The van der Waals surface area contributed by atoms with Crippen molar-refractivity contribution in [1.82, 2.24) is 10.2 Å². The average molecular weight is 257 g/mol. The molecule has 1 heterocycles. The lowest BCUT2D eigenvalue weighted by Crippen LogP contribution is -2.45. The zero-order valence-corrected chi connectivity index (χ0v) is 11.9. The first-order valence-corrected chi connectivity index (χ1v) is 7.19. The quantitative estimate of drug-likeness (QED) is 0.900. The second kappa shape index (κ2) is 6.70. The van der Waals surface area contributed by atoms with Gasteiger partial charge < -0.3 is 5.32 Å². The molecule has 1 N–H and O–H groups in total. The number of benzene rings is 1. The minimum Gasteiger partial charge on any atom is -0.315 e. The number of aryl methyl sites for hydroxylation is 1. The lowest BCUT2D eigenvalue weighted by molar-refractivity contribution is 0.166. The summed E-state index contributed by atoms with van der Waals surface area (Å²) in [6, 6.07) is 8.87. The number of rotatable bonds is 4. The fraction of sp³-hybridized carbons (Fsp3) is 0.562. The van der Waals surface area contributed by atoms with Gasteiger partial charge in [-0.2, -0.15) is 5.26 Å². The van der Waals surface area contributed by atoms with Gasteiger partial charge in [-0.15, -0.1) is 0 Å². The SMILES string of the molecule is CCN(Cc1ccc(C#N)cc1C)C1CCCNC1. The summed E-state index contributed by atoms with van der Waals surface area (Å²) in [5, 5.41) is 12.4. The molecule has 1 aliphatic rings. The third-order valence-corrected chi connectivity index (χ3v) is 4.04. The van der Waals surface area contributed by atoms with Gasteiger partial charge in [0.1, 0.15) is 0 Å². The third kappa shape index (κ3) is 3.56. The molecule has 19 heavy (non-hydrogen) atoms. The van der Waals surface area contributed by atoms with Gasteiger partial charge in [-0.3, -0.25) is 4.90 Å². The maximum Gasteiger partial charge on any atom is 0.0991 e. The summed E-state index contributed by atoms with van der Waals surface area (Å²) in [7, 11) is 0. The Hall–Kier alpha value is -1.37. The third-order valence-electron chi connectivity index (χ3n) is 4.04. The number of hydrogen-bond acceptors (Lipinski definition) is 3. The molecule has 0 spiro atoms. The lowest BCUT2D eigenvalue weighted by atomic mass is 10.0. The first-order valence-electron chi connectivity index (χ1n) is 7.19. The molecule has 0 radical (unpaired) electrons. The van der Waals surface area contributed by atoms with Crippen molar-refractivity contribution in [3.05, 3.63) is 34.9 Å². The van der Waals surface area contributed by atoms with Crippen molar-refractivity contribution in [3.63, 3.8) is 0 Å². The zero-order chi connectivity index (χ0) is 13.7. The fourth-order valence-corrected chi connectivity index (χ4v) is 2.81. The minimum absolute atomic E-state index is 0.647. The topological polar surface area (TPSA) is 39.1 Å². The molecular formula is C16H23N3. The average Bonchev–Trinajstić information content (AvgIpc) is 2.47. The molecule has 1 aromatic rings. The van der Waals surface area contributed by atoms with Crippen molar-refractivity contribution >= 4 is 0 Å². The predicted molar refractivity (Wildman–Crippen MR) is 77.9 cm³/mol. The van der Waals surface area contributed by atoms with E-state index in [9.17, 15) is 0 Å². The highest BCUT2D eigenvalue weighted by Crippen LogP contribution is 2.17. The Morgan fingerprint density at radius 3 is 2.89 bits per heavy atom. The largest absolute Gasteiger partial charge is 0.315 e. The number of nitrogens with zero attached hydrogens (tertiary/aromatic N) is 2. The maximum atomic E-state index is 8.92. The predicted octanol–water partition coefficient (Wildman–Crippen LogP) is 2.44. The number of hydrogen-bond donors (Lipinski definition) is 1. The van der Waals surface area contributed by atoms with Crippen LogP contribution in [0.4, 0.5) is 0 Å². The van der Waals surface area contributed by atoms with Gasteiger partial charge in [-0.25, -0.2) is 0 Å². The van der Waals surface area contributed by atoms with E-state index in [0.29, 0.717) is 6.04 Å². The van der Waals surface area contributed by atoms with E-state index >= 15 is 0 Å². The van der Waals surface area contributed by atoms with Crippen molar-refractivity contribution in [2.75, 3.05) is 19.6 Å². The first kappa shape index (κ1) is 14.0. The summed E-state index contributed by atoms with van der Waals surface area (Å²) >= 11 is 0. The summed E-state index contributed by atoms with van der Waals surface area (Å²) in [5.74, 6) is 0. The van der Waals surface area contributed by atoms with Crippen LogP contribution >= 0.6 is 0 Å². The second-order valence-corrected chi connectivity index (χ2v) is 5.32. The van der Waals surface area contributed by atoms with Crippen LogP contribution in [0.5, 0.6) is 0 Å². The summed E-state index contributed by atoms with van der Waals surface area (Å²) in [5.41, 5.74) is 3.32. The van der Waals surface area contributed by atoms with E-state index in [1.54, 1.807) is 0 Å². The monoisotopic (exact) mass is 257 g/mol. The van der Waals surface area contributed by atoms with Crippen LogP contribution in [0.1, 0.15) is 36.5 Å². The van der Waals surface area contributed by atoms with Gasteiger partial charge in [-0.05, 0) is 56.1 Å². The Balaban J connectivity index is 2.07. The number of nitriles is 1. The highest BCUT2D eigenvalue weighted by molar-refractivity contribution is 5.37. The van der Waals surface area contributed by atoms with Crippen molar-refractivity contribution in [2.45, 2.75) is 39.3 Å².